The Labute approximate surface area is 104 Å². The number of nitrogens with zero attached hydrogens (tertiary/aromatic N) is 4. The normalized spacial score (nSPS) is 11.7. The second-order valence-electron chi connectivity index (χ2n) is 3.50. The van der Waals surface area contributed by atoms with Gasteiger partial charge in [0, 0.05) is 0 Å². The zero-order valence-electron chi connectivity index (χ0n) is 9.12. The molecule has 0 amide bonds. The summed E-state index contributed by atoms with van der Waals surface area (Å²) in [6.07, 6.45) is 3.19. The van der Waals surface area contributed by atoms with E-state index in [9.17, 15) is 0 Å². The van der Waals surface area contributed by atoms with E-state index in [2.05, 4.69) is 15.1 Å². The van der Waals surface area contributed by atoms with Gasteiger partial charge in [-0.3, -0.25) is 0 Å². The van der Waals surface area contributed by atoms with Crippen molar-refractivity contribution in [2.24, 2.45) is 10.7 Å². The number of alkyl halides is 1. The van der Waals surface area contributed by atoms with E-state index in [1.165, 1.54) is 6.33 Å². The minimum absolute atomic E-state index is 0.237. The number of hydrogen-bond acceptors (Lipinski definition) is 3. The molecule has 17 heavy (non-hydrogen) atoms. The maximum Gasteiger partial charge on any atom is 0.137 e. The number of halogens is 1. The Hall–Kier alpha value is -1.88. The highest BCUT2D eigenvalue weighted by atomic mass is 35.5. The lowest BCUT2D eigenvalue weighted by molar-refractivity contribution is 0.685. The first-order valence-corrected chi connectivity index (χ1v) is 5.62. The molecule has 0 saturated heterocycles. The summed E-state index contributed by atoms with van der Waals surface area (Å²) >= 11 is 5.55. The van der Waals surface area contributed by atoms with Gasteiger partial charge in [-0.15, -0.1) is 11.6 Å². The lowest BCUT2D eigenvalue weighted by Gasteiger charge is -2.02. The number of hydrogen-bond donors (Lipinski definition) is 1. The van der Waals surface area contributed by atoms with Gasteiger partial charge in [0.1, 0.15) is 18.5 Å². The predicted molar refractivity (Wildman–Crippen MR) is 67.6 cm³/mol. The van der Waals surface area contributed by atoms with Crippen LogP contribution in [0.25, 0.3) is 0 Å². The number of nitrogens with two attached hydrogens (primary N) is 1. The predicted octanol–water partition coefficient (Wildman–Crippen LogP) is 1.55. The SMILES string of the molecule is NC(CCl)=Nc1ccc(Cn2cncn2)cc1. The fourth-order valence-corrected chi connectivity index (χ4v) is 1.43. The molecule has 5 nitrogen and oxygen atoms in total. The maximum atomic E-state index is 5.55. The van der Waals surface area contributed by atoms with Crippen molar-refractivity contribution in [3.8, 4) is 0 Å². The van der Waals surface area contributed by atoms with Gasteiger partial charge in [-0.2, -0.15) is 5.10 Å². The molecular formula is C11H12ClN5. The summed E-state index contributed by atoms with van der Waals surface area (Å²) < 4.78 is 1.76. The van der Waals surface area contributed by atoms with Gasteiger partial charge in [-0.1, -0.05) is 12.1 Å². The molecule has 0 radical (unpaired) electrons. The lowest BCUT2D eigenvalue weighted by atomic mass is 10.2. The highest BCUT2D eigenvalue weighted by molar-refractivity contribution is 6.28. The van der Waals surface area contributed by atoms with E-state index in [0.717, 1.165) is 11.3 Å². The molecule has 0 saturated carbocycles. The van der Waals surface area contributed by atoms with Crippen LogP contribution in [-0.2, 0) is 6.54 Å². The third-order valence-electron chi connectivity index (χ3n) is 2.16. The van der Waals surface area contributed by atoms with Crippen LogP contribution in [0.5, 0.6) is 0 Å². The minimum atomic E-state index is 0.237. The Kier molecular flexibility index (Phi) is 3.72. The number of amidine groups is 1. The van der Waals surface area contributed by atoms with Gasteiger partial charge in [0.2, 0.25) is 0 Å². The van der Waals surface area contributed by atoms with E-state index in [1.54, 1.807) is 11.0 Å². The van der Waals surface area contributed by atoms with Crippen LogP contribution in [0.3, 0.4) is 0 Å². The van der Waals surface area contributed by atoms with Crippen LogP contribution in [0.4, 0.5) is 5.69 Å². The van der Waals surface area contributed by atoms with E-state index in [0.29, 0.717) is 12.4 Å². The van der Waals surface area contributed by atoms with Gasteiger partial charge in [-0.05, 0) is 17.7 Å². The van der Waals surface area contributed by atoms with Crippen LogP contribution in [0.15, 0.2) is 41.9 Å². The molecule has 2 aromatic rings. The molecule has 0 spiro atoms. The second kappa shape index (κ2) is 5.45. The summed E-state index contributed by atoms with van der Waals surface area (Å²) in [7, 11) is 0. The third-order valence-corrected chi connectivity index (χ3v) is 2.43. The van der Waals surface area contributed by atoms with E-state index in [1.807, 2.05) is 24.3 Å². The van der Waals surface area contributed by atoms with Crippen molar-refractivity contribution in [1.29, 1.82) is 0 Å². The van der Waals surface area contributed by atoms with E-state index in [4.69, 9.17) is 17.3 Å². The van der Waals surface area contributed by atoms with Crippen molar-refractivity contribution in [1.82, 2.24) is 14.8 Å². The minimum Gasteiger partial charge on any atom is -0.386 e. The van der Waals surface area contributed by atoms with Crippen LogP contribution in [0.1, 0.15) is 5.56 Å². The summed E-state index contributed by atoms with van der Waals surface area (Å²) in [6.45, 7) is 0.689. The molecule has 2 N–H and O–H groups in total. The average molecular weight is 250 g/mol. The van der Waals surface area contributed by atoms with Gasteiger partial charge in [0.25, 0.3) is 0 Å². The molecule has 0 aliphatic heterocycles. The Morgan fingerprint density at radius 1 is 1.35 bits per heavy atom. The molecule has 1 aromatic heterocycles. The van der Waals surface area contributed by atoms with Crippen LogP contribution >= 0.6 is 11.6 Å². The average Bonchev–Trinajstić information content (AvgIpc) is 2.84. The van der Waals surface area contributed by atoms with Crippen molar-refractivity contribution in [3.63, 3.8) is 0 Å². The first-order valence-electron chi connectivity index (χ1n) is 5.08. The molecule has 6 heteroatoms. The van der Waals surface area contributed by atoms with Gasteiger partial charge < -0.3 is 5.73 Å². The number of benzene rings is 1. The van der Waals surface area contributed by atoms with Gasteiger partial charge in [0.05, 0.1) is 18.1 Å². The summed E-state index contributed by atoms with van der Waals surface area (Å²) in [5.74, 6) is 0.649. The number of aromatic nitrogens is 3. The van der Waals surface area contributed by atoms with E-state index < -0.39 is 0 Å². The Balaban J connectivity index is 2.08. The van der Waals surface area contributed by atoms with Gasteiger partial charge >= 0.3 is 0 Å². The molecule has 0 aliphatic rings. The lowest BCUT2D eigenvalue weighted by Crippen LogP contribution is -2.12. The van der Waals surface area contributed by atoms with Crippen LogP contribution in [-0.4, -0.2) is 26.5 Å². The highest BCUT2D eigenvalue weighted by Crippen LogP contribution is 2.13. The molecule has 0 aliphatic carbocycles. The zero-order chi connectivity index (χ0) is 12.1. The molecule has 1 heterocycles. The Morgan fingerprint density at radius 2 is 2.12 bits per heavy atom. The fourth-order valence-electron chi connectivity index (χ4n) is 1.37. The van der Waals surface area contributed by atoms with Gasteiger partial charge in [-0.25, -0.2) is 14.7 Å². The Bertz CT molecular complexity index is 489. The van der Waals surface area contributed by atoms with Crippen molar-refractivity contribution >= 4 is 23.1 Å². The summed E-state index contributed by atoms with van der Waals surface area (Å²) in [4.78, 5) is 8.03. The molecular weight excluding hydrogens is 238 g/mol. The van der Waals surface area contributed by atoms with Crippen molar-refractivity contribution in [2.75, 3.05) is 5.88 Å². The second-order valence-corrected chi connectivity index (χ2v) is 3.76. The van der Waals surface area contributed by atoms with Crippen molar-refractivity contribution < 1.29 is 0 Å². The molecule has 0 bridgehead atoms. The molecule has 88 valence electrons. The molecule has 0 atom stereocenters. The number of aliphatic imine (C=N–C) groups is 1. The molecule has 0 fully saturated rings. The van der Waals surface area contributed by atoms with Crippen LogP contribution in [0, 0.1) is 0 Å². The largest absolute Gasteiger partial charge is 0.386 e. The topological polar surface area (TPSA) is 69.1 Å². The first-order chi connectivity index (χ1) is 8.28. The van der Waals surface area contributed by atoms with Crippen molar-refractivity contribution in [3.05, 3.63) is 42.5 Å². The van der Waals surface area contributed by atoms with Crippen molar-refractivity contribution in [2.45, 2.75) is 6.54 Å². The van der Waals surface area contributed by atoms with Gasteiger partial charge in [0.15, 0.2) is 0 Å². The Morgan fingerprint density at radius 3 is 2.71 bits per heavy atom. The number of rotatable bonds is 4. The molecule has 0 unspecified atom stereocenters. The van der Waals surface area contributed by atoms with E-state index >= 15 is 0 Å². The fraction of sp³-hybridized carbons (Fsp3) is 0.182. The highest BCUT2D eigenvalue weighted by Gasteiger charge is 1.97. The monoisotopic (exact) mass is 249 g/mol. The third kappa shape index (κ3) is 3.29. The first kappa shape index (κ1) is 11.6. The quantitative estimate of drug-likeness (QED) is 0.508. The smallest absolute Gasteiger partial charge is 0.137 e. The van der Waals surface area contributed by atoms with Crippen LogP contribution in [0.2, 0.25) is 0 Å². The standard InChI is InChI=1S/C11H12ClN5/c12-5-11(13)16-10-3-1-9(2-4-10)6-17-8-14-7-15-17/h1-4,7-8H,5-6H2,(H2,13,16). The maximum absolute atomic E-state index is 5.55. The molecule has 1 aromatic carbocycles. The summed E-state index contributed by atoms with van der Waals surface area (Å²) in [5.41, 5.74) is 7.47. The zero-order valence-corrected chi connectivity index (χ0v) is 9.88. The molecule has 2 rings (SSSR count). The summed E-state index contributed by atoms with van der Waals surface area (Å²) in [5, 5.41) is 4.04. The van der Waals surface area contributed by atoms with Crippen LogP contribution < -0.4 is 5.73 Å². The summed E-state index contributed by atoms with van der Waals surface area (Å²) in [6, 6.07) is 7.74. The van der Waals surface area contributed by atoms with E-state index in [-0.39, 0.29) is 5.88 Å².